The lowest BCUT2D eigenvalue weighted by molar-refractivity contribution is -0.119. The lowest BCUT2D eigenvalue weighted by atomic mass is 10.2. The van der Waals surface area contributed by atoms with Gasteiger partial charge in [-0.2, -0.15) is 4.98 Å². The number of oxazole rings is 1. The van der Waals surface area contributed by atoms with E-state index in [1.54, 1.807) is 17.0 Å². The molecule has 3 amide bonds. The zero-order chi connectivity index (χ0) is 22.8. The molecule has 0 unspecified atom stereocenters. The topological polar surface area (TPSA) is 134 Å². The summed E-state index contributed by atoms with van der Waals surface area (Å²) in [6.45, 7) is 3.42. The smallest absolute Gasteiger partial charge is 0.414 e. The summed E-state index contributed by atoms with van der Waals surface area (Å²) >= 11 is 0. The van der Waals surface area contributed by atoms with Crippen molar-refractivity contribution in [2.45, 2.75) is 13.0 Å². The van der Waals surface area contributed by atoms with E-state index in [1.165, 1.54) is 24.2 Å². The van der Waals surface area contributed by atoms with Gasteiger partial charge in [-0.25, -0.2) is 9.18 Å². The number of halogens is 1. The number of anilines is 3. The molecule has 12 heteroatoms. The molecule has 0 spiro atoms. The van der Waals surface area contributed by atoms with Gasteiger partial charge in [0.1, 0.15) is 18.2 Å². The van der Waals surface area contributed by atoms with Crippen LogP contribution in [0, 0.1) is 5.82 Å². The van der Waals surface area contributed by atoms with Gasteiger partial charge in [0, 0.05) is 33.1 Å². The predicted molar refractivity (Wildman–Crippen MR) is 112 cm³/mol. The summed E-state index contributed by atoms with van der Waals surface area (Å²) < 4.78 is 25.0. The number of benzene rings is 1. The van der Waals surface area contributed by atoms with E-state index in [1.807, 2.05) is 4.90 Å². The number of hydrogen-bond acceptors (Lipinski definition) is 8. The monoisotopic (exact) mass is 446 g/mol. The Morgan fingerprint density at radius 2 is 2.03 bits per heavy atom. The summed E-state index contributed by atoms with van der Waals surface area (Å²) in [5.74, 6) is -0.992. The Bertz CT molecular complexity index is 1040. The largest absolute Gasteiger partial charge is 0.442 e. The second kappa shape index (κ2) is 8.73. The van der Waals surface area contributed by atoms with Crippen LogP contribution in [0.5, 0.6) is 0 Å². The first-order valence-corrected chi connectivity index (χ1v) is 10.1. The number of ether oxygens (including phenoxy) is 1. The number of carbonyl (C=O) groups is 3. The van der Waals surface area contributed by atoms with Crippen LogP contribution in [0.3, 0.4) is 0 Å². The van der Waals surface area contributed by atoms with Crippen LogP contribution < -0.4 is 20.9 Å². The average Bonchev–Trinajstić information content (AvgIpc) is 3.37. The molecule has 32 heavy (non-hydrogen) atoms. The van der Waals surface area contributed by atoms with Gasteiger partial charge in [-0.05, 0) is 18.2 Å². The van der Waals surface area contributed by atoms with Crippen LogP contribution in [-0.4, -0.2) is 73.2 Å². The molecule has 2 aliphatic rings. The molecular weight excluding hydrogens is 423 g/mol. The summed E-state index contributed by atoms with van der Waals surface area (Å²) in [5.41, 5.74) is 6.31. The second-order valence-electron chi connectivity index (χ2n) is 7.54. The van der Waals surface area contributed by atoms with Crippen LogP contribution in [0.15, 0.2) is 28.9 Å². The van der Waals surface area contributed by atoms with Gasteiger partial charge in [0.05, 0.1) is 24.5 Å². The Labute approximate surface area is 182 Å². The van der Waals surface area contributed by atoms with Crippen LogP contribution in [0.25, 0.3) is 0 Å². The highest BCUT2D eigenvalue weighted by atomic mass is 19.1. The molecule has 3 heterocycles. The molecule has 0 bridgehead atoms. The van der Waals surface area contributed by atoms with Gasteiger partial charge in [0.15, 0.2) is 5.69 Å². The molecule has 3 N–H and O–H groups in total. The minimum absolute atomic E-state index is 0.0718. The third-order valence-electron chi connectivity index (χ3n) is 5.34. The predicted octanol–water partition coefficient (Wildman–Crippen LogP) is 0.820. The number of nitrogens with one attached hydrogen (secondary N) is 1. The van der Waals surface area contributed by atoms with Crippen molar-refractivity contribution in [1.29, 1.82) is 0 Å². The maximum Gasteiger partial charge on any atom is 0.414 e. The molecule has 2 fully saturated rings. The van der Waals surface area contributed by atoms with Gasteiger partial charge in [0.2, 0.25) is 5.91 Å². The molecule has 2 saturated heterocycles. The number of nitrogens with zero attached hydrogens (tertiary/aromatic N) is 4. The van der Waals surface area contributed by atoms with Crippen molar-refractivity contribution in [3.05, 3.63) is 36.0 Å². The van der Waals surface area contributed by atoms with Gasteiger partial charge in [-0.3, -0.25) is 14.5 Å². The van der Waals surface area contributed by atoms with Crippen molar-refractivity contribution in [3.63, 3.8) is 0 Å². The third kappa shape index (κ3) is 4.43. The molecule has 0 saturated carbocycles. The molecule has 0 radical (unpaired) electrons. The number of nitrogen functional groups attached to an aromatic ring is 1. The molecule has 1 aromatic heterocycles. The van der Waals surface area contributed by atoms with Crippen LogP contribution in [0.2, 0.25) is 0 Å². The van der Waals surface area contributed by atoms with E-state index < -0.39 is 18.0 Å². The van der Waals surface area contributed by atoms with E-state index in [-0.39, 0.29) is 36.6 Å². The van der Waals surface area contributed by atoms with Gasteiger partial charge < -0.3 is 30.0 Å². The highest BCUT2D eigenvalue weighted by molar-refractivity contribution is 5.92. The summed E-state index contributed by atoms with van der Waals surface area (Å²) in [6.07, 6.45) is 0.125. The number of piperazine rings is 1. The number of hydrogen-bond donors (Lipinski definition) is 2. The number of nitrogens with two attached hydrogens (primary N) is 1. The first kappa shape index (κ1) is 21.4. The van der Waals surface area contributed by atoms with Crippen molar-refractivity contribution in [2.75, 3.05) is 54.8 Å². The van der Waals surface area contributed by atoms with Crippen LogP contribution in [-0.2, 0) is 9.53 Å². The summed E-state index contributed by atoms with van der Waals surface area (Å²) in [7, 11) is 0. The zero-order valence-corrected chi connectivity index (χ0v) is 17.4. The minimum Gasteiger partial charge on any atom is -0.442 e. The SMILES string of the molecule is CC(=O)NC[C@H]1CN(c2ccc(N3CCN(C(=O)c4coc(N)n4)CC3)c(F)c2)C(=O)O1. The first-order chi connectivity index (χ1) is 15.3. The van der Waals surface area contributed by atoms with E-state index in [4.69, 9.17) is 14.9 Å². The van der Waals surface area contributed by atoms with E-state index >= 15 is 0 Å². The van der Waals surface area contributed by atoms with Crippen molar-refractivity contribution < 1.29 is 27.9 Å². The maximum absolute atomic E-state index is 14.9. The zero-order valence-electron chi connectivity index (χ0n) is 17.4. The molecular formula is C20H23FN6O5. The molecule has 11 nitrogen and oxygen atoms in total. The molecule has 4 rings (SSSR count). The molecule has 1 aromatic carbocycles. The quantitative estimate of drug-likeness (QED) is 0.689. The van der Waals surface area contributed by atoms with Crippen LogP contribution in [0.4, 0.5) is 26.6 Å². The van der Waals surface area contributed by atoms with E-state index in [0.29, 0.717) is 37.6 Å². The van der Waals surface area contributed by atoms with Crippen LogP contribution >= 0.6 is 0 Å². The molecule has 1 atom stereocenters. The van der Waals surface area contributed by atoms with E-state index in [9.17, 15) is 18.8 Å². The van der Waals surface area contributed by atoms with Crippen LogP contribution in [0.1, 0.15) is 17.4 Å². The summed E-state index contributed by atoms with van der Waals surface area (Å²) in [5, 5.41) is 2.60. The normalized spacial score (nSPS) is 18.6. The highest BCUT2D eigenvalue weighted by Crippen LogP contribution is 2.28. The Morgan fingerprint density at radius 1 is 1.28 bits per heavy atom. The number of amides is 3. The highest BCUT2D eigenvalue weighted by Gasteiger charge is 2.33. The number of cyclic esters (lactones) is 1. The first-order valence-electron chi connectivity index (χ1n) is 10.1. The Hall–Kier alpha value is -3.83. The number of rotatable bonds is 5. The van der Waals surface area contributed by atoms with E-state index in [0.717, 1.165) is 0 Å². The van der Waals surface area contributed by atoms with E-state index in [2.05, 4.69) is 10.3 Å². The summed E-state index contributed by atoms with van der Waals surface area (Å²) in [4.78, 5) is 44.2. The molecule has 0 aliphatic carbocycles. The third-order valence-corrected chi connectivity index (χ3v) is 5.34. The Balaban J connectivity index is 1.37. The standard InChI is InChI=1S/C20H23FN6O5/c1-12(28)23-9-14-10-27(20(30)32-14)13-2-3-17(15(21)8-13)25-4-6-26(7-5-25)18(29)16-11-31-19(22)24-16/h2-3,8,11,14H,4-7,9-10H2,1H3,(H2,22,24)(H,23,28)/t14-/m0/s1. The van der Waals surface area contributed by atoms with Gasteiger partial charge in [-0.1, -0.05) is 0 Å². The van der Waals surface area contributed by atoms with Gasteiger partial charge in [-0.15, -0.1) is 0 Å². The van der Waals surface area contributed by atoms with Crippen molar-refractivity contribution in [1.82, 2.24) is 15.2 Å². The maximum atomic E-state index is 14.9. The number of carbonyl (C=O) groups excluding carboxylic acids is 3. The second-order valence-corrected chi connectivity index (χ2v) is 7.54. The van der Waals surface area contributed by atoms with Crippen molar-refractivity contribution in [2.24, 2.45) is 0 Å². The fourth-order valence-electron chi connectivity index (χ4n) is 3.71. The fraction of sp³-hybridized carbons (Fsp3) is 0.400. The molecule has 170 valence electrons. The number of aromatic nitrogens is 1. The van der Waals surface area contributed by atoms with Gasteiger partial charge >= 0.3 is 6.09 Å². The van der Waals surface area contributed by atoms with Crippen molar-refractivity contribution >= 4 is 35.3 Å². The average molecular weight is 446 g/mol. The van der Waals surface area contributed by atoms with Crippen molar-refractivity contribution in [3.8, 4) is 0 Å². The molecule has 2 aromatic rings. The lowest BCUT2D eigenvalue weighted by Gasteiger charge is -2.36. The lowest BCUT2D eigenvalue weighted by Crippen LogP contribution is -2.49. The van der Waals surface area contributed by atoms with Gasteiger partial charge in [0.25, 0.3) is 11.9 Å². The summed E-state index contributed by atoms with van der Waals surface area (Å²) in [6, 6.07) is 4.47. The minimum atomic E-state index is -0.590. The molecule has 2 aliphatic heterocycles. The fourth-order valence-corrected chi connectivity index (χ4v) is 3.71. The Kier molecular flexibility index (Phi) is 5.84. The Morgan fingerprint density at radius 3 is 2.66 bits per heavy atom.